The number of nitrogens with two attached hydrogens (primary N) is 1. The molecule has 1 aromatic carbocycles. The number of thioether (sulfide) groups is 1. The summed E-state index contributed by atoms with van der Waals surface area (Å²) in [6.07, 6.45) is 2.48. The fourth-order valence-electron chi connectivity index (χ4n) is 2.22. The summed E-state index contributed by atoms with van der Waals surface area (Å²) in [5.41, 5.74) is 7.09. The Morgan fingerprint density at radius 3 is 2.86 bits per heavy atom. The molecule has 0 amide bonds. The molecule has 0 bridgehead atoms. The van der Waals surface area contributed by atoms with Gasteiger partial charge in [-0.2, -0.15) is 0 Å². The summed E-state index contributed by atoms with van der Waals surface area (Å²) in [6, 6.07) is 11.3. The molecule has 114 valence electrons. The first-order chi connectivity index (χ1) is 10.7. The monoisotopic (exact) mass is 333 g/mol. The van der Waals surface area contributed by atoms with Gasteiger partial charge in [-0.3, -0.25) is 0 Å². The van der Waals surface area contributed by atoms with E-state index in [9.17, 15) is 0 Å². The summed E-state index contributed by atoms with van der Waals surface area (Å²) < 4.78 is 5.96. The van der Waals surface area contributed by atoms with Gasteiger partial charge in [-0.1, -0.05) is 48.5 Å². The number of hydrogen-bond donors (Lipinski definition) is 1. The predicted octanol–water partition coefficient (Wildman–Crippen LogP) is 4.57. The van der Waals surface area contributed by atoms with Crippen molar-refractivity contribution < 1.29 is 4.74 Å². The highest BCUT2D eigenvalue weighted by atomic mass is 35.5. The van der Waals surface area contributed by atoms with E-state index in [1.54, 1.807) is 24.0 Å². The molecule has 2 heterocycles. The van der Waals surface area contributed by atoms with Crippen LogP contribution in [0.4, 0.5) is 5.82 Å². The van der Waals surface area contributed by atoms with Crippen molar-refractivity contribution >= 4 is 29.2 Å². The molecule has 0 spiro atoms. The fraction of sp³-hybridized carbons (Fsp3) is 0.188. The molecule has 1 aliphatic rings. The summed E-state index contributed by atoms with van der Waals surface area (Å²) >= 11 is 7.65. The molecule has 3 rings (SSSR count). The second-order valence-corrected chi connectivity index (χ2v) is 6.18. The van der Waals surface area contributed by atoms with Crippen LogP contribution >= 0.6 is 23.4 Å². The van der Waals surface area contributed by atoms with Crippen molar-refractivity contribution in [2.45, 2.75) is 18.8 Å². The van der Waals surface area contributed by atoms with E-state index in [0.717, 1.165) is 17.9 Å². The Bertz CT molecular complexity index is 693. The van der Waals surface area contributed by atoms with Crippen LogP contribution in [0, 0.1) is 0 Å². The van der Waals surface area contributed by atoms with Crippen molar-refractivity contribution in [3.05, 3.63) is 58.7 Å². The van der Waals surface area contributed by atoms with Crippen LogP contribution in [0.15, 0.2) is 53.7 Å². The van der Waals surface area contributed by atoms with Gasteiger partial charge in [-0.25, -0.2) is 4.98 Å². The number of allylic oxidation sites excluding steroid dienone is 1. The lowest BCUT2D eigenvalue weighted by molar-refractivity contribution is 0.479. The van der Waals surface area contributed by atoms with E-state index in [1.807, 2.05) is 35.2 Å². The van der Waals surface area contributed by atoms with Crippen LogP contribution in [-0.4, -0.2) is 10.5 Å². The van der Waals surface area contributed by atoms with Gasteiger partial charge in [0, 0.05) is 18.0 Å². The van der Waals surface area contributed by atoms with E-state index in [-0.39, 0.29) is 5.50 Å². The second kappa shape index (κ2) is 6.60. The number of para-hydroxylation sites is 1. The predicted molar refractivity (Wildman–Crippen MR) is 92.2 cm³/mol. The van der Waals surface area contributed by atoms with E-state index >= 15 is 0 Å². The fourth-order valence-corrected chi connectivity index (χ4v) is 3.31. The molecule has 1 aromatic heterocycles. The maximum atomic E-state index is 6.19. The van der Waals surface area contributed by atoms with Crippen LogP contribution in [0.2, 0.25) is 5.02 Å². The Morgan fingerprint density at radius 2 is 2.14 bits per heavy atom. The number of rotatable bonds is 4. The first-order valence-corrected chi connectivity index (χ1v) is 8.29. The Labute approximate surface area is 138 Å². The number of pyridine rings is 1. The largest absolute Gasteiger partial charge is 0.453 e. The Kier molecular flexibility index (Phi) is 4.57. The lowest BCUT2D eigenvalue weighted by Gasteiger charge is -2.26. The zero-order chi connectivity index (χ0) is 15.5. The van der Waals surface area contributed by atoms with Crippen molar-refractivity contribution in [1.82, 2.24) is 4.98 Å². The van der Waals surface area contributed by atoms with Gasteiger partial charge >= 0.3 is 0 Å². The molecular weight excluding hydrogens is 318 g/mol. The summed E-state index contributed by atoms with van der Waals surface area (Å²) in [4.78, 5) is 6.43. The van der Waals surface area contributed by atoms with Gasteiger partial charge < -0.3 is 15.4 Å². The number of aromatic nitrogens is 1. The normalized spacial score (nSPS) is 17.5. The smallest absolute Gasteiger partial charge is 0.178 e. The SMILES string of the molecule is CCC1=CSC(N)N1c1ncc(Cl)cc1Oc1ccccc1. The minimum Gasteiger partial charge on any atom is -0.453 e. The van der Waals surface area contributed by atoms with Crippen LogP contribution < -0.4 is 15.4 Å². The first kappa shape index (κ1) is 15.2. The van der Waals surface area contributed by atoms with Gasteiger partial charge in [-0.05, 0) is 24.0 Å². The molecule has 0 aliphatic carbocycles. The highest BCUT2D eigenvalue weighted by Crippen LogP contribution is 2.40. The Morgan fingerprint density at radius 1 is 1.36 bits per heavy atom. The summed E-state index contributed by atoms with van der Waals surface area (Å²) in [6.45, 7) is 2.09. The van der Waals surface area contributed by atoms with Crippen LogP contribution in [-0.2, 0) is 0 Å². The van der Waals surface area contributed by atoms with Crippen molar-refractivity contribution in [3.8, 4) is 11.5 Å². The van der Waals surface area contributed by atoms with Crippen molar-refractivity contribution in [1.29, 1.82) is 0 Å². The maximum Gasteiger partial charge on any atom is 0.178 e. The number of hydrogen-bond acceptors (Lipinski definition) is 5. The van der Waals surface area contributed by atoms with Gasteiger partial charge in [-0.15, -0.1) is 0 Å². The molecule has 0 saturated heterocycles. The number of anilines is 1. The highest BCUT2D eigenvalue weighted by Gasteiger charge is 2.28. The molecule has 1 atom stereocenters. The lowest BCUT2D eigenvalue weighted by Crippen LogP contribution is -2.35. The second-order valence-electron chi connectivity index (χ2n) is 4.75. The molecule has 2 N–H and O–H groups in total. The van der Waals surface area contributed by atoms with Gasteiger partial charge in [0.2, 0.25) is 0 Å². The third-order valence-corrected chi connectivity index (χ3v) is 4.37. The molecule has 2 aromatic rings. The molecule has 0 fully saturated rings. The average molecular weight is 334 g/mol. The Balaban J connectivity index is 1.99. The topological polar surface area (TPSA) is 51.4 Å². The van der Waals surface area contributed by atoms with Gasteiger partial charge in [0.05, 0.1) is 5.02 Å². The molecule has 6 heteroatoms. The van der Waals surface area contributed by atoms with E-state index < -0.39 is 0 Å². The zero-order valence-corrected chi connectivity index (χ0v) is 13.6. The third-order valence-electron chi connectivity index (χ3n) is 3.27. The van der Waals surface area contributed by atoms with Crippen molar-refractivity contribution in [2.24, 2.45) is 5.73 Å². The molecule has 1 aliphatic heterocycles. The number of ether oxygens (including phenoxy) is 1. The standard InChI is InChI=1S/C16H16ClN3OS/c1-2-12-10-22-16(18)20(12)15-14(8-11(17)9-19-15)21-13-6-4-3-5-7-13/h3-10,16H,2,18H2,1H3. The first-order valence-electron chi connectivity index (χ1n) is 6.97. The maximum absolute atomic E-state index is 6.19. The van der Waals surface area contributed by atoms with Gasteiger partial charge in [0.25, 0.3) is 0 Å². The van der Waals surface area contributed by atoms with E-state index in [4.69, 9.17) is 22.1 Å². The molecule has 0 radical (unpaired) electrons. The van der Waals surface area contributed by atoms with Crippen LogP contribution in [0.3, 0.4) is 0 Å². The van der Waals surface area contributed by atoms with Gasteiger partial charge in [0.1, 0.15) is 11.2 Å². The number of halogens is 1. The van der Waals surface area contributed by atoms with E-state index in [0.29, 0.717) is 16.6 Å². The van der Waals surface area contributed by atoms with Crippen LogP contribution in [0.25, 0.3) is 0 Å². The minimum atomic E-state index is -0.207. The summed E-state index contributed by atoms with van der Waals surface area (Å²) in [5.74, 6) is 2.00. The van der Waals surface area contributed by atoms with Crippen LogP contribution in [0.1, 0.15) is 13.3 Å². The lowest BCUT2D eigenvalue weighted by atomic mass is 10.3. The van der Waals surface area contributed by atoms with Crippen LogP contribution in [0.5, 0.6) is 11.5 Å². The molecule has 4 nitrogen and oxygen atoms in total. The molecule has 0 saturated carbocycles. The van der Waals surface area contributed by atoms with Crippen molar-refractivity contribution in [3.63, 3.8) is 0 Å². The zero-order valence-electron chi connectivity index (χ0n) is 12.1. The minimum absolute atomic E-state index is 0.207. The Hall–Kier alpha value is -1.69. The number of benzene rings is 1. The summed E-state index contributed by atoms with van der Waals surface area (Å²) in [7, 11) is 0. The average Bonchev–Trinajstić information content (AvgIpc) is 2.89. The quantitative estimate of drug-likeness (QED) is 0.887. The summed E-state index contributed by atoms with van der Waals surface area (Å²) in [5, 5.41) is 2.59. The third kappa shape index (κ3) is 3.06. The molecular formula is C16H16ClN3OS. The van der Waals surface area contributed by atoms with E-state index in [1.165, 1.54) is 0 Å². The highest BCUT2D eigenvalue weighted by molar-refractivity contribution is 8.03. The molecule has 1 unspecified atom stereocenters. The van der Waals surface area contributed by atoms with Gasteiger partial charge in [0.15, 0.2) is 11.6 Å². The van der Waals surface area contributed by atoms with E-state index in [2.05, 4.69) is 17.3 Å². The molecule has 22 heavy (non-hydrogen) atoms. The van der Waals surface area contributed by atoms with Crippen molar-refractivity contribution in [2.75, 3.05) is 4.90 Å². The number of nitrogens with zero attached hydrogens (tertiary/aromatic N) is 2.